The van der Waals surface area contributed by atoms with Crippen LogP contribution in [0.5, 0.6) is 0 Å². The summed E-state index contributed by atoms with van der Waals surface area (Å²) in [5.74, 6) is -5.44. The van der Waals surface area contributed by atoms with Crippen molar-refractivity contribution < 1.29 is 57.1 Å². The second-order valence-electron chi connectivity index (χ2n) is 7.83. The summed E-state index contributed by atoms with van der Waals surface area (Å²) in [6.45, 7) is 2.69. The van der Waals surface area contributed by atoms with E-state index in [1.165, 1.54) is 0 Å². The third-order valence-corrected chi connectivity index (χ3v) is 5.15. The second-order valence-corrected chi connectivity index (χ2v) is 7.83. The molecule has 1 amide bonds. The zero-order valence-corrected chi connectivity index (χ0v) is 20.2. The van der Waals surface area contributed by atoms with E-state index in [1.54, 1.807) is 0 Å². The highest BCUT2D eigenvalue weighted by Crippen LogP contribution is 2.38. The van der Waals surface area contributed by atoms with Gasteiger partial charge in [0.05, 0.1) is 26.2 Å². The van der Waals surface area contributed by atoms with Gasteiger partial charge in [-0.3, -0.25) is 14.4 Å². The molecule has 1 N–H and O–H groups in total. The number of hydrogen-bond acceptors (Lipinski definition) is 13. The predicted octanol–water partition coefficient (Wildman–Crippen LogP) is 0.265. The van der Waals surface area contributed by atoms with Crippen LogP contribution in [-0.4, -0.2) is 93.1 Å². The quantitative estimate of drug-likeness (QED) is 0.0924. The Hall–Kier alpha value is -3.62. The lowest BCUT2D eigenvalue weighted by Gasteiger charge is -2.45. The number of ether oxygens (including phenoxy) is 7. The molecule has 2 aliphatic rings. The monoisotopic (exact) mass is 516 g/mol. The van der Waals surface area contributed by atoms with Crippen LogP contribution in [0.15, 0.2) is 5.11 Å². The summed E-state index contributed by atoms with van der Waals surface area (Å²) >= 11 is 0. The molecular formula is C20H28N4O12. The van der Waals surface area contributed by atoms with Crippen LogP contribution in [-0.2, 0) is 52.3 Å². The minimum absolute atomic E-state index is 0.0623. The highest BCUT2D eigenvalue weighted by atomic mass is 16.7. The van der Waals surface area contributed by atoms with Gasteiger partial charge in [0.15, 0.2) is 12.2 Å². The van der Waals surface area contributed by atoms with Gasteiger partial charge >= 0.3 is 30.0 Å². The van der Waals surface area contributed by atoms with Gasteiger partial charge in [0.25, 0.3) is 5.79 Å². The molecule has 0 aromatic heterocycles. The Morgan fingerprint density at radius 2 is 1.89 bits per heavy atom. The molecule has 16 heteroatoms. The fourth-order valence-electron chi connectivity index (χ4n) is 3.82. The lowest BCUT2D eigenvalue weighted by molar-refractivity contribution is -0.308. The van der Waals surface area contributed by atoms with Crippen molar-refractivity contribution in [3.8, 4) is 0 Å². The van der Waals surface area contributed by atoms with Gasteiger partial charge in [-0.1, -0.05) is 5.11 Å². The van der Waals surface area contributed by atoms with E-state index in [9.17, 15) is 24.0 Å². The van der Waals surface area contributed by atoms with Crippen LogP contribution >= 0.6 is 0 Å². The first kappa shape index (κ1) is 28.6. The summed E-state index contributed by atoms with van der Waals surface area (Å²) in [7, 11) is 1.09. The van der Waals surface area contributed by atoms with Gasteiger partial charge in [-0.05, 0) is 12.0 Å². The fourth-order valence-corrected chi connectivity index (χ4v) is 3.82. The molecule has 0 aliphatic carbocycles. The molecule has 0 aromatic rings. The van der Waals surface area contributed by atoms with Crippen molar-refractivity contribution in [2.75, 3.05) is 26.9 Å². The van der Waals surface area contributed by atoms with Crippen molar-refractivity contribution in [2.24, 2.45) is 5.11 Å². The molecule has 0 spiro atoms. The van der Waals surface area contributed by atoms with Crippen LogP contribution in [0.3, 0.4) is 0 Å². The molecule has 0 saturated carbocycles. The number of rotatable bonds is 12. The molecule has 2 rings (SSSR count). The molecule has 200 valence electrons. The normalized spacial score (nSPS) is 26.1. The zero-order chi connectivity index (χ0) is 26.9. The standard InChI is InChI=1S/C20H28N4O12/c1-10(25)31-9-14(33-11(2)26)16(34-12(3)27)17-15-13(35-19(29)23-15)8-20(36-17,18(28)30-4)32-7-5-6-22-24-21/h13-17H,5-9H2,1-4H3,(H,23,29)/t13-,14+,15+,16+,17+,20+/m0/s1. The number of nitrogens with zero attached hydrogens (tertiary/aromatic N) is 3. The number of azide groups is 1. The minimum atomic E-state index is -2.14. The van der Waals surface area contributed by atoms with Crippen LogP contribution in [0.2, 0.25) is 0 Å². The number of carbonyl (C=O) groups is 5. The Bertz CT molecular complexity index is 907. The van der Waals surface area contributed by atoms with Crippen LogP contribution in [0.1, 0.15) is 33.6 Å². The van der Waals surface area contributed by atoms with Crippen molar-refractivity contribution in [3.05, 3.63) is 10.4 Å². The summed E-state index contributed by atoms with van der Waals surface area (Å²) in [6, 6.07) is -0.984. The Labute approximate surface area is 205 Å². The van der Waals surface area contributed by atoms with E-state index in [1.807, 2.05) is 0 Å². The Morgan fingerprint density at radius 3 is 2.47 bits per heavy atom. The maximum Gasteiger partial charge on any atom is 0.407 e. The van der Waals surface area contributed by atoms with E-state index >= 15 is 0 Å². The van der Waals surface area contributed by atoms with Gasteiger partial charge in [0, 0.05) is 32.2 Å². The molecule has 16 nitrogen and oxygen atoms in total. The summed E-state index contributed by atoms with van der Waals surface area (Å²) < 4.78 is 37.5. The number of amides is 1. The maximum absolute atomic E-state index is 12.9. The number of methoxy groups -OCH3 is 1. The van der Waals surface area contributed by atoms with Gasteiger partial charge in [-0.15, -0.1) is 0 Å². The predicted molar refractivity (Wildman–Crippen MR) is 114 cm³/mol. The van der Waals surface area contributed by atoms with Gasteiger partial charge < -0.3 is 38.5 Å². The Morgan fingerprint density at radius 1 is 1.19 bits per heavy atom. The van der Waals surface area contributed by atoms with Crippen LogP contribution in [0.4, 0.5) is 4.79 Å². The van der Waals surface area contributed by atoms with Crippen molar-refractivity contribution in [1.82, 2.24) is 5.32 Å². The summed E-state index contributed by atoms with van der Waals surface area (Å²) in [4.78, 5) is 62.8. The molecule has 36 heavy (non-hydrogen) atoms. The van der Waals surface area contributed by atoms with E-state index in [4.69, 9.17) is 38.7 Å². The van der Waals surface area contributed by atoms with Crippen molar-refractivity contribution in [1.29, 1.82) is 0 Å². The fraction of sp³-hybridized carbons (Fsp3) is 0.750. The molecule has 6 atom stereocenters. The molecule has 0 bridgehead atoms. The number of fused-ring (bicyclic) bond motifs is 1. The first-order chi connectivity index (χ1) is 17.0. The highest BCUT2D eigenvalue weighted by Gasteiger charge is 2.61. The van der Waals surface area contributed by atoms with E-state index in [0.717, 1.165) is 27.9 Å². The minimum Gasteiger partial charge on any atom is -0.465 e. The Balaban J connectivity index is 2.48. The molecule has 2 saturated heterocycles. The van der Waals surface area contributed by atoms with E-state index in [0.29, 0.717) is 0 Å². The van der Waals surface area contributed by atoms with Gasteiger partial charge in [-0.25, -0.2) is 9.59 Å². The largest absolute Gasteiger partial charge is 0.465 e. The molecule has 0 unspecified atom stereocenters. The smallest absolute Gasteiger partial charge is 0.407 e. The maximum atomic E-state index is 12.9. The van der Waals surface area contributed by atoms with E-state index in [-0.39, 0.29) is 26.0 Å². The van der Waals surface area contributed by atoms with Crippen molar-refractivity contribution in [2.45, 2.75) is 69.9 Å². The average Bonchev–Trinajstić information content (AvgIpc) is 3.18. The highest BCUT2D eigenvalue weighted by molar-refractivity contribution is 5.79. The van der Waals surface area contributed by atoms with Crippen LogP contribution in [0, 0.1) is 0 Å². The van der Waals surface area contributed by atoms with Gasteiger partial charge in [0.2, 0.25) is 0 Å². The lowest BCUT2D eigenvalue weighted by Crippen LogP contribution is -2.66. The zero-order valence-electron chi connectivity index (χ0n) is 20.2. The van der Waals surface area contributed by atoms with E-state index in [2.05, 4.69) is 15.3 Å². The van der Waals surface area contributed by atoms with Crippen molar-refractivity contribution >= 4 is 30.0 Å². The SMILES string of the molecule is COC(=O)[C@@]1(OCCCN=[N+]=[N-])C[C@@H]2OC(=O)N[C@H]2[C@H]([C@H](OC(C)=O)[C@@H](COC(C)=O)OC(C)=O)O1. The number of nitrogens with one attached hydrogen (secondary N) is 1. The Kier molecular flexibility index (Phi) is 10.3. The average molecular weight is 516 g/mol. The number of hydrogen-bond donors (Lipinski definition) is 1. The first-order valence-electron chi connectivity index (χ1n) is 10.9. The summed E-state index contributed by atoms with van der Waals surface area (Å²) in [5, 5.41) is 5.91. The third-order valence-electron chi connectivity index (χ3n) is 5.15. The number of esters is 4. The molecule has 2 aliphatic heterocycles. The molecule has 0 aromatic carbocycles. The van der Waals surface area contributed by atoms with E-state index < -0.39 is 72.8 Å². The number of alkyl carbamates (subject to hydrolysis) is 1. The van der Waals surface area contributed by atoms with Gasteiger partial charge in [0.1, 0.15) is 18.8 Å². The van der Waals surface area contributed by atoms with Crippen molar-refractivity contribution in [3.63, 3.8) is 0 Å². The molecule has 0 radical (unpaired) electrons. The topological polar surface area (TPSA) is 211 Å². The van der Waals surface area contributed by atoms with Crippen LogP contribution in [0.25, 0.3) is 10.4 Å². The summed E-state index contributed by atoms with van der Waals surface area (Å²) in [6.07, 6.45) is -6.22. The lowest BCUT2D eigenvalue weighted by atomic mass is 9.89. The first-order valence-corrected chi connectivity index (χ1v) is 10.9. The second kappa shape index (κ2) is 12.9. The number of carbonyl (C=O) groups excluding carboxylic acids is 5. The third kappa shape index (κ3) is 7.44. The summed E-state index contributed by atoms with van der Waals surface area (Å²) in [5.41, 5.74) is 8.43. The molecule has 2 fully saturated rings. The molecular weight excluding hydrogens is 488 g/mol. The van der Waals surface area contributed by atoms with Gasteiger partial charge in [-0.2, -0.15) is 0 Å². The van der Waals surface area contributed by atoms with Crippen LogP contribution < -0.4 is 5.32 Å². The molecule has 2 heterocycles.